The number of hydrogen-bond acceptors (Lipinski definition) is 7. The molecule has 0 spiro atoms. The molecule has 5 aromatic rings. The first kappa shape index (κ1) is 22.9. The molecule has 6 rings (SSSR count). The summed E-state index contributed by atoms with van der Waals surface area (Å²) in [6.07, 6.45) is 3.38. The van der Waals surface area contributed by atoms with Crippen LogP contribution in [0.5, 0.6) is 0 Å². The van der Waals surface area contributed by atoms with E-state index in [-0.39, 0.29) is 6.04 Å². The van der Waals surface area contributed by atoms with Crippen molar-refractivity contribution in [1.29, 1.82) is 0 Å². The monoisotopic (exact) mass is 487 g/mol. The molecular formula is C30H29N7. The Kier molecular flexibility index (Phi) is 6.35. The van der Waals surface area contributed by atoms with Gasteiger partial charge in [-0.2, -0.15) is 0 Å². The van der Waals surface area contributed by atoms with E-state index in [4.69, 9.17) is 5.73 Å². The van der Waals surface area contributed by atoms with Crippen LogP contribution in [0.1, 0.15) is 17.2 Å². The Hall–Kier alpha value is -4.49. The van der Waals surface area contributed by atoms with Gasteiger partial charge in [0.1, 0.15) is 12.0 Å². The Morgan fingerprint density at radius 2 is 1.41 bits per heavy atom. The van der Waals surface area contributed by atoms with Crippen LogP contribution in [0.2, 0.25) is 0 Å². The number of piperazine rings is 1. The summed E-state index contributed by atoms with van der Waals surface area (Å²) >= 11 is 0. The van der Waals surface area contributed by atoms with Crippen LogP contribution in [-0.4, -0.2) is 46.0 Å². The minimum Gasteiger partial charge on any atom is -0.393 e. The van der Waals surface area contributed by atoms with Gasteiger partial charge < -0.3 is 16.0 Å². The molecule has 0 atom stereocenters. The molecule has 7 heteroatoms. The van der Waals surface area contributed by atoms with E-state index in [9.17, 15) is 0 Å². The summed E-state index contributed by atoms with van der Waals surface area (Å²) in [4.78, 5) is 18.3. The van der Waals surface area contributed by atoms with E-state index in [1.165, 1.54) is 11.1 Å². The summed E-state index contributed by atoms with van der Waals surface area (Å²) in [5.41, 5.74) is 11.6. The highest BCUT2D eigenvalue weighted by Crippen LogP contribution is 2.34. The van der Waals surface area contributed by atoms with Crippen LogP contribution < -0.4 is 16.0 Å². The third kappa shape index (κ3) is 4.69. The van der Waals surface area contributed by atoms with E-state index in [0.29, 0.717) is 11.5 Å². The number of nitrogens with two attached hydrogens (primary N) is 1. The van der Waals surface area contributed by atoms with Gasteiger partial charge in [0.25, 0.3) is 0 Å². The fraction of sp³-hybridized carbons (Fsp3) is 0.167. The topological polar surface area (TPSA) is 83.2 Å². The first-order valence-corrected chi connectivity index (χ1v) is 12.6. The molecule has 0 radical (unpaired) electrons. The largest absolute Gasteiger partial charge is 0.393 e. The van der Waals surface area contributed by atoms with Crippen molar-refractivity contribution in [3.63, 3.8) is 0 Å². The highest BCUT2D eigenvalue weighted by molar-refractivity contribution is 5.94. The maximum Gasteiger partial charge on any atom is 0.159 e. The highest BCUT2D eigenvalue weighted by Gasteiger charge is 2.28. The molecule has 0 amide bonds. The van der Waals surface area contributed by atoms with Crippen molar-refractivity contribution < 1.29 is 0 Å². The number of nitrogens with zero attached hydrogens (tertiary/aromatic N) is 5. The second-order valence-corrected chi connectivity index (χ2v) is 9.21. The molecule has 0 aliphatic carbocycles. The molecule has 7 nitrogen and oxygen atoms in total. The molecular weight excluding hydrogens is 458 g/mol. The molecule has 0 saturated carbocycles. The molecule has 1 aliphatic rings. The highest BCUT2D eigenvalue weighted by atomic mass is 15.3. The van der Waals surface area contributed by atoms with E-state index in [2.05, 4.69) is 90.7 Å². The molecule has 3 heterocycles. The Labute approximate surface area is 216 Å². The predicted octanol–water partition coefficient (Wildman–Crippen LogP) is 5.26. The van der Waals surface area contributed by atoms with Crippen molar-refractivity contribution >= 4 is 33.9 Å². The summed E-state index contributed by atoms with van der Waals surface area (Å²) in [6.45, 7) is 3.45. The molecule has 184 valence electrons. The number of pyridine rings is 1. The first-order valence-electron chi connectivity index (χ1n) is 12.6. The Morgan fingerprint density at radius 1 is 0.703 bits per heavy atom. The maximum absolute atomic E-state index is 6.62. The smallest absolute Gasteiger partial charge is 0.159 e. The van der Waals surface area contributed by atoms with Gasteiger partial charge in [0, 0.05) is 43.4 Å². The average molecular weight is 488 g/mol. The van der Waals surface area contributed by atoms with Crippen molar-refractivity contribution in [2.75, 3.05) is 42.1 Å². The van der Waals surface area contributed by atoms with Gasteiger partial charge >= 0.3 is 0 Å². The lowest BCUT2D eigenvalue weighted by Crippen LogP contribution is -2.48. The lowest BCUT2D eigenvalue weighted by atomic mass is 9.96. The second kappa shape index (κ2) is 10.2. The van der Waals surface area contributed by atoms with Crippen LogP contribution in [0.15, 0.2) is 104 Å². The van der Waals surface area contributed by atoms with Crippen LogP contribution >= 0.6 is 0 Å². The van der Waals surface area contributed by atoms with E-state index in [1.54, 1.807) is 12.5 Å². The molecule has 0 unspecified atom stereocenters. The zero-order valence-corrected chi connectivity index (χ0v) is 20.5. The fourth-order valence-corrected chi connectivity index (χ4v) is 5.15. The summed E-state index contributed by atoms with van der Waals surface area (Å²) in [6, 6.07) is 31.6. The molecule has 1 saturated heterocycles. The molecule has 1 fully saturated rings. The van der Waals surface area contributed by atoms with Gasteiger partial charge in [-0.25, -0.2) is 9.97 Å². The number of nitrogens with one attached hydrogen (secondary N) is 1. The van der Waals surface area contributed by atoms with Crippen molar-refractivity contribution in [1.82, 2.24) is 19.9 Å². The molecule has 1 aliphatic heterocycles. The third-order valence-corrected chi connectivity index (χ3v) is 6.97. The quantitative estimate of drug-likeness (QED) is 0.338. The minimum absolute atomic E-state index is 0.212. The lowest BCUT2D eigenvalue weighted by molar-refractivity contribution is 0.212. The Morgan fingerprint density at radius 3 is 2.11 bits per heavy atom. The van der Waals surface area contributed by atoms with Crippen LogP contribution in [-0.2, 0) is 0 Å². The number of rotatable bonds is 6. The number of anilines is 4. The van der Waals surface area contributed by atoms with Crippen molar-refractivity contribution in [3.05, 3.63) is 115 Å². The van der Waals surface area contributed by atoms with E-state index in [0.717, 1.165) is 48.6 Å². The summed E-state index contributed by atoms with van der Waals surface area (Å²) in [7, 11) is 0. The molecule has 2 aromatic heterocycles. The van der Waals surface area contributed by atoms with Crippen LogP contribution in [0, 0.1) is 0 Å². The summed E-state index contributed by atoms with van der Waals surface area (Å²) < 4.78 is 0. The van der Waals surface area contributed by atoms with Crippen LogP contribution in [0.25, 0.3) is 10.9 Å². The van der Waals surface area contributed by atoms with Crippen LogP contribution in [0.3, 0.4) is 0 Å². The van der Waals surface area contributed by atoms with Gasteiger partial charge in [-0.15, -0.1) is 0 Å². The predicted molar refractivity (Wildman–Crippen MR) is 150 cm³/mol. The summed E-state index contributed by atoms with van der Waals surface area (Å²) in [5.74, 6) is 1.38. The second-order valence-electron chi connectivity index (χ2n) is 9.21. The zero-order chi connectivity index (χ0) is 25.0. The lowest BCUT2D eigenvalue weighted by Gasteiger charge is -2.40. The first-order chi connectivity index (χ1) is 18.3. The number of hydrogen-bond donors (Lipinski definition) is 2. The number of benzene rings is 3. The zero-order valence-electron chi connectivity index (χ0n) is 20.5. The van der Waals surface area contributed by atoms with Crippen molar-refractivity contribution in [2.45, 2.75) is 6.04 Å². The van der Waals surface area contributed by atoms with Gasteiger partial charge in [0.2, 0.25) is 0 Å². The fourth-order valence-electron chi connectivity index (χ4n) is 5.15. The maximum atomic E-state index is 6.62. The van der Waals surface area contributed by atoms with Gasteiger partial charge in [-0.1, -0.05) is 66.7 Å². The van der Waals surface area contributed by atoms with E-state index in [1.807, 2.05) is 30.3 Å². The Bertz CT molecular complexity index is 1440. The Balaban J connectivity index is 1.22. The van der Waals surface area contributed by atoms with Crippen LogP contribution in [0.4, 0.5) is 23.0 Å². The van der Waals surface area contributed by atoms with Gasteiger partial charge in [0.15, 0.2) is 11.6 Å². The average Bonchev–Trinajstić information content (AvgIpc) is 2.96. The van der Waals surface area contributed by atoms with E-state index < -0.39 is 0 Å². The van der Waals surface area contributed by atoms with Crippen molar-refractivity contribution in [2.24, 2.45) is 0 Å². The molecule has 3 aromatic carbocycles. The third-order valence-electron chi connectivity index (χ3n) is 6.97. The number of fused-ring (bicyclic) bond motifs is 1. The SMILES string of the molecule is Nc1c(Nc2cccc3ncccc23)ncnc1N1CCN(C(c2ccccc2)c2ccccc2)CC1. The minimum atomic E-state index is 0.212. The normalized spacial score (nSPS) is 14.2. The van der Waals surface area contributed by atoms with E-state index >= 15 is 0 Å². The molecule has 3 N–H and O–H groups in total. The van der Waals surface area contributed by atoms with Gasteiger partial charge in [-0.05, 0) is 35.4 Å². The summed E-state index contributed by atoms with van der Waals surface area (Å²) in [5, 5.41) is 4.43. The standard InChI is InChI=1S/C30H29N7/c31-27-29(35-26-15-7-14-25-24(26)13-8-16-32-25)33-21-34-30(27)37-19-17-36(18-20-37)28(22-9-3-1-4-10-22)23-11-5-2-6-12-23/h1-16,21,28H,17-20,31H2,(H,33,34,35). The number of aromatic nitrogens is 3. The van der Waals surface area contributed by atoms with Crippen molar-refractivity contribution in [3.8, 4) is 0 Å². The molecule has 0 bridgehead atoms. The van der Waals surface area contributed by atoms with Gasteiger partial charge in [-0.3, -0.25) is 9.88 Å². The molecule has 37 heavy (non-hydrogen) atoms. The number of nitrogen functional groups attached to an aromatic ring is 1. The van der Waals surface area contributed by atoms with Gasteiger partial charge in [0.05, 0.1) is 11.6 Å².